The van der Waals surface area contributed by atoms with E-state index in [2.05, 4.69) is 41.4 Å². The molecule has 0 saturated heterocycles. The summed E-state index contributed by atoms with van der Waals surface area (Å²) in [5.41, 5.74) is 6.07. The molecule has 0 bridgehead atoms. The number of benzene rings is 1. The zero-order valence-corrected chi connectivity index (χ0v) is 9.93. The van der Waals surface area contributed by atoms with Crippen molar-refractivity contribution < 1.29 is 0 Å². The Hall–Kier alpha value is -2.22. The molecular weight excluding hydrogens is 220 g/mol. The van der Waals surface area contributed by atoms with Gasteiger partial charge in [-0.15, -0.1) is 0 Å². The Labute approximate surface area is 105 Å². The van der Waals surface area contributed by atoms with Gasteiger partial charge < -0.3 is 0 Å². The van der Waals surface area contributed by atoms with Crippen LogP contribution < -0.4 is 0 Å². The zero-order valence-electron chi connectivity index (χ0n) is 9.93. The minimum absolute atomic E-state index is 0.857. The highest BCUT2D eigenvalue weighted by Gasteiger charge is 2.17. The molecule has 86 valence electrons. The minimum atomic E-state index is 0.857. The van der Waals surface area contributed by atoms with Crippen LogP contribution >= 0.6 is 0 Å². The van der Waals surface area contributed by atoms with Crippen molar-refractivity contribution in [2.45, 2.75) is 12.8 Å². The van der Waals surface area contributed by atoms with Crippen molar-refractivity contribution in [1.29, 1.82) is 0 Å². The summed E-state index contributed by atoms with van der Waals surface area (Å²) in [5, 5.41) is 1.12. The maximum Gasteiger partial charge on any atom is 0.159 e. The van der Waals surface area contributed by atoms with Crippen LogP contribution in [-0.4, -0.2) is 9.97 Å². The Balaban J connectivity index is 2.06. The summed E-state index contributed by atoms with van der Waals surface area (Å²) in [7, 11) is 0. The summed E-state index contributed by atoms with van der Waals surface area (Å²) in [6, 6.07) is 14.9. The highest BCUT2D eigenvalue weighted by molar-refractivity contribution is 5.84. The Bertz CT molecular complexity index is 747. The second-order valence-corrected chi connectivity index (χ2v) is 4.69. The van der Waals surface area contributed by atoms with Crippen LogP contribution in [0.5, 0.6) is 0 Å². The molecule has 0 fully saturated rings. The van der Waals surface area contributed by atoms with E-state index in [1.807, 2.05) is 6.07 Å². The third-order valence-electron chi connectivity index (χ3n) is 3.61. The van der Waals surface area contributed by atoms with Crippen molar-refractivity contribution in [2.75, 3.05) is 0 Å². The third-order valence-corrected chi connectivity index (χ3v) is 3.61. The van der Waals surface area contributed by atoms with Gasteiger partial charge in [-0.2, -0.15) is 0 Å². The molecule has 0 atom stereocenters. The Morgan fingerprint density at radius 3 is 2.83 bits per heavy atom. The summed E-state index contributed by atoms with van der Waals surface area (Å²) in [5.74, 6) is 0. The molecule has 1 aliphatic carbocycles. The summed E-state index contributed by atoms with van der Waals surface area (Å²) < 4.78 is 0. The van der Waals surface area contributed by atoms with E-state index < -0.39 is 0 Å². The van der Waals surface area contributed by atoms with Crippen LogP contribution in [0.4, 0.5) is 0 Å². The van der Waals surface area contributed by atoms with E-state index in [-0.39, 0.29) is 0 Å². The average Bonchev–Trinajstić information content (AvgIpc) is 2.45. The van der Waals surface area contributed by atoms with Gasteiger partial charge in [-0.05, 0) is 42.2 Å². The number of hydrogen-bond acceptors (Lipinski definition) is 2. The monoisotopic (exact) mass is 232 g/mol. The average molecular weight is 232 g/mol. The number of fused-ring (bicyclic) bond motifs is 4. The van der Waals surface area contributed by atoms with Crippen LogP contribution in [0, 0.1) is 0 Å². The second kappa shape index (κ2) is 3.64. The molecule has 2 heteroatoms. The molecule has 0 amide bonds. The first-order valence-corrected chi connectivity index (χ1v) is 6.25. The molecule has 4 rings (SSSR count). The first-order chi connectivity index (χ1) is 8.92. The fraction of sp³-hybridized carbons (Fsp3) is 0.125. The number of aromatic nitrogens is 2. The lowest BCUT2D eigenvalue weighted by molar-refractivity contribution is 0.902. The maximum atomic E-state index is 4.70. The lowest BCUT2D eigenvalue weighted by Crippen LogP contribution is -2.06. The van der Waals surface area contributed by atoms with Gasteiger partial charge in [0.1, 0.15) is 0 Å². The van der Waals surface area contributed by atoms with Crippen molar-refractivity contribution in [1.82, 2.24) is 9.97 Å². The predicted molar refractivity (Wildman–Crippen MR) is 72.4 cm³/mol. The Kier molecular flexibility index (Phi) is 1.97. The molecule has 0 radical (unpaired) electrons. The molecule has 3 aromatic rings. The van der Waals surface area contributed by atoms with Crippen molar-refractivity contribution in [3.8, 4) is 11.1 Å². The standard InChI is InChI=1S/C16H12N2/c1-2-6-13-11(4-1)7-8-15-14(13)10-12-5-3-9-17-16(12)18-15/h1-6,9-10H,7-8H2. The highest BCUT2D eigenvalue weighted by Crippen LogP contribution is 2.33. The van der Waals surface area contributed by atoms with E-state index >= 15 is 0 Å². The number of rotatable bonds is 0. The topological polar surface area (TPSA) is 25.8 Å². The predicted octanol–water partition coefficient (Wildman–Crippen LogP) is 3.40. The van der Waals surface area contributed by atoms with E-state index in [0.717, 1.165) is 23.9 Å². The van der Waals surface area contributed by atoms with E-state index in [9.17, 15) is 0 Å². The van der Waals surface area contributed by atoms with Gasteiger partial charge in [0.2, 0.25) is 0 Å². The molecule has 1 aliphatic rings. The number of aryl methyl sites for hydroxylation is 2. The minimum Gasteiger partial charge on any atom is -0.237 e. The van der Waals surface area contributed by atoms with Crippen LogP contribution in [0.2, 0.25) is 0 Å². The summed E-state index contributed by atoms with van der Waals surface area (Å²) >= 11 is 0. The Morgan fingerprint density at radius 2 is 1.83 bits per heavy atom. The molecule has 0 aliphatic heterocycles. The largest absolute Gasteiger partial charge is 0.237 e. The Morgan fingerprint density at radius 1 is 0.889 bits per heavy atom. The van der Waals surface area contributed by atoms with E-state index in [0.29, 0.717) is 0 Å². The molecule has 0 N–H and O–H groups in total. The maximum absolute atomic E-state index is 4.70. The fourth-order valence-corrected chi connectivity index (χ4v) is 2.72. The van der Waals surface area contributed by atoms with Gasteiger partial charge in [0, 0.05) is 17.1 Å². The number of hydrogen-bond donors (Lipinski definition) is 0. The lowest BCUT2D eigenvalue weighted by Gasteiger charge is -2.19. The smallest absolute Gasteiger partial charge is 0.159 e. The van der Waals surface area contributed by atoms with Gasteiger partial charge in [-0.25, -0.2) is 9.97 Å². The van der Waals surface area contributed by atoms with Crippen LogP contribution in [0.3, 0.4) is 0 Å². The normalized spacial score (nSPS) is 13.1. The van der Waals surface area contributed by atoms with E-state index in [1.165, 1.54) is 22.4 Å². The summed E-state index contributed by atoms with van der Waals surface area (Å²) in [4.78, 5) is 9.04. The van der Waals surface area contributed by atoms with Crippen LogP contribution in [0.15, 0.2) is 48.7 Å². The molecular formula is C16H12N2. The van der Waals surface area contributed by atoms with Gasteiger partial charge in [0.05, 0.1) is 5.69 Å². The quantitative estimate of drug-likeness (QED) is 0.593. The third kappa shape index (κ3) is 1.35. The van der Waals surface area contributed by atoms with Crippen molar-refractivity contribution in [3.63, 3.8) is 0 Å². The SMILES string of the molecule is c1ccc2c(c1)CCc1nc3ncccc3cc1-2. The molecule has 18 heavy (non-hydrogen) atoms. The van der Waals surface area contributed by atoms with Gasteiger partial charge in [0.15, 0.2) is 5.65 Å². The van der Waals surface area contributed by atoms with Gasteiger partial charge in [0.25, 0.3) is 0 Å². The van der Waals surface area contributed by atoms with Crippen LogP contribution in [-0.2, 0) is 12.8 Å². The zero-order chi connectivity index (χ0) is 11.9. The van der Waals surface area contributed by atoms with Gasteiger partial charge in [-0.3, -0.25) is 0 Å². The molecule has 2 heterocycles. The van der Waals surface area contributed by atoms with E-state index in [1.54, 1.807) is 6.20 Å². The molecule has 2 aromatic heterocycles. The molecule has 2 nitrogen and oxygen atoms in total. The first kappa shape index (κ1) is 9.77. The molecule has 0 spiro atoms. The first-order valence-electron chi connectivity index (χ1n) is 6.25. The fourth-order valence-electron chi connectivity index (χ4n) is 2.72. The molecule has 0 saturated carbocycles. The van der Waals surface area contributed by atoms with Gasteiger partial charge >= 0.3 is 0 Å². The molecule has 1 aromatic carbocycles. The van der Waals surface area contributed by atoms with Crippen molar-refractivity contribution in [2.24, 2.45) is 0 Å². The van der Waals surface area contributed by atoms with E-state index in [4.69, 9.17) is 4.98 Å². The summed E-state index contributed by atoms with van der Waals surface area (Å²) in [6.07, 6.45) is 3.89. The summed E-state index contributed by atoms with van der Waals surface area (Å²) in [6.45, 7) is 0. The molecule has 0 unspecified atom stereocenters. The van der Waals surface area contributed by atoms with Crippen molar-refractivity contribution >= 4 is 11.0 Å². The lowest BCUT2D eigenvalue weighted by atomic mass is 9.88. The number of nitrogens with zero attached hydrogens (tertiary/aromatic N) is 2. The second-order valence-electron chi connectivity index (χ2n) is 4.69. The van der Waals surface area contributed by atoms with Crippen molar-refractivity contribution in [3.05, 3.63) is 59.9 Å². The van der Waals surface area contributed by atoms with Crippen LogP contribution in [0.25, 0.3) is 22.2 Å². The highest BCUT2D eigenvalue weighted by atomic mass is 14.8. The van der Waals surface area contributed by atoms with Crippen LogP contribution in [0.1, 0.15) is 11.3 Å². The number of pyridine rings is 2. The van der Waals surface area contributed by atoms with Gasteiger partial charge in [-0.1, -0.05) is 24.3 Å².